The summed E-state index contributed by atoms with van der Waals surface area (Å²) in [5.74, 6) is -1.07. The summed E-state index contributed by atoms with van der Waals surface area (Å²) in [7, 11) is 0. The number of carbonyl (C=O) groups is 1. The van der Waals surface area contributed by atoms with Crippen molar-refractivity contribution in [3.63, 3.8) is 0 Å². The normalized spacial score (nSPS) is 16.2. The smallest absolute Gasteiger partial charge is 0.387 e. The molecule has 0 atom stereocenters. The van der Waals surface area contributed by atoms with Crippen molar-refractivity contribution in [2.45, 2.75) is 51.3 Å². The first kappa shape index (κ1) is 25.1. The molecule has 10 heteroatoms. The number of amides is 1. The molecule has 39 heavy (non-hydrogen) atoms. The zero-order chi connectivity index (χ0) is 27.1. The first-order valence-electron chi connectivity index (χ1n) is 12.8. The number of rotatable bonds is 7. The van der Waals surface area contributed by atoms with Crippen LogP contribution < -0.4 is 15.6 Å². The number of alkyl halides is 2. The molecule has 0 radical (unpaired) electrons. The molecule has 200 valence electrons. The van der Waals surface area contributed by atoms with Crippen LogP contribution in [0.5, 0.6) is 5.75 Å². The molecular weight excluding hydrogens is 509 g/mol. The Balaban J connectivity index is 1.47. The fourth-order valence-corrected chi connectivity index (χ4v) is 5.81. The van der Waals surface area contributed by atoms with E-state index >= 15 is 0 Å². The van der Waals surface area contributed by atoms with Crippen LogP contribution in [0.4, 0.5) is 13.2 Å². The lowest BCUT2D eigenvalue weighted by atomic mass is 9.54. The van der Waals surface area contributed by atoms with Gasteiger partial charge in [0.15, 0.2) is 0 Å². The molecule has 0 aliphatic heterocycles. The summed E-state index contributed by atoms with van der Waals surface area (Å²) in [5, 5.41) is 3.52. The number of fused-ring (bicyclic) bond motifs is 1. The van der Waals surface area contributed by atoms with Crippen LogP contribution in [0.25, 0.3) is 22.3 Å². The highest BCUT2D eigenvalue weighted by Crippen LogP contribution is 2.55. The minimum absolute atomic E-state index is 0.0324. The summed E-state index contributed by atoms with van der Waals surface area (Å²) in [6, 6.07) is 11.9. The Kier molecular flexibility index (Phi) is 6.32. The quantitative estimate of drug-likeness (QED) is 0.347. The van der Waals surface area contributed by atoms with Gasteiger partial charge in [-0.2, -0.15) is 8.78 Å². The predicted octanol–water partition coefficient (Wildman–Crippen LogP) is 5.31. The highest BCUT2D eigenvalue weighted by Gasteiger charge is 2.48. The summed E-state index contributed by atoms with van der Waals surface area (Å²) in [6.07, 6.45) is 7.94. The third-order valence-corrected chi connectivity index (χ3v) is 7.83. The van der Waals surface area contributed by atoms with E-state index in [9.17, 15) is 22.8 Å². The summed E-state index contributed by atoms with van der Waals surface area (Å²) in [6.45, 7) is -2.95. The molecule has 7 nitrogen and oxygen atoms in total. The standard InChI is InChI=1S/C29H25F3N4O3/c30-18-6-4-17(5-7-18)16-36-25-21(3-1-12-33-25)23(22-9-8-20(15-34-22)39-28(31)32)24(27(36)38)26(37)35-19-13-29(14-19)10-2-11-29/h1,3-9,12,15,19,28H,2,10-11,13-14,16H2,(H,35,37). The Hall–Kier alpha value is -4.21. The van der Waals surface area contributed by atoms with Crippen LogP contribution >= 0.6 is 0 Å². The van der Waals surface area contributed by atoms with Crippen LogP contribution in [0.1, 0.15) is 48.0 Å². The van der Waals surface area contributed by atoms with E-state index in [0.717, 1.165) is 31.9 Å². The maximum Gasteiger partial charge on any atom is 0.387 e. The van der Waals surface area contributed by atoms with Gasteiger partial charge in [0.25, 0.3) is 11.5 Å². The predicted molar refractivity (Wildman–Crippen MR) is 138 cm³/mol. The van der Waals surface area contributed by atoms with E-state index in [4.69, 9.17) is 0 Å². The fourth-order valence-electron chi connectivity index (χ4n) is 5.81. The van der Waals surface area contributed by atoms with Crippen molar-refractivity contribution in [2.24, 2.45) is 5.41 Å². The number of carbonyl (C=O) groups excluding carboxylic acids is 1. The van der Waals surface area contributed by atoms with Crippen molar-refractivity contribution in [3.8, 4) is 17.0 Å². The van der Waals surface area contributed by atoms with Crippen LogP contribution in [0.2, 0.25) is 0 Å². The van der Waals surface area contributed by atoms with Gasteiger partial charge in [0.2, 0.25) is 0 Å². The van der Waals surface area contributed by atoms with Crippen LogP contribution in [0.3, 0.4) is 0 Å². The average Bonchev–Trinajstić information content (AvgIpc) is 2.87. The van der Waals surface area contributed by atoms with Crippen molar-refractivity contribution in [1.29, 1.82) is 0 Å². The Bertz CT molecular complexity index is 1590. The van der Waals surface area contributed by atoms with Gasteiger partial charge >= 0.3 is 6.61 Å². The number of hydrogen-bond donors (Lipinski definition) is 1. The molecular formula is C29H25F3N4O3. The number of ether oxygens (including phenoxy) is 1. The minimum Gasteiger partial charge on any atom is -0.433 e. The monoisotopic (exact) mass is 534 g/mol. The molecule has 1 N–H and O–H groups in total. The van der Waals surface area contributed by atoms with Crippen molar-refractivity contribution < 1.29 is 22.7 Å². The van der Waals surface area contributed by atoms with E-state index in [1.165, 1.54) is 41.5 Å². The summed E-state index contributed by atoms with van der Waals surface area (Å²) in [4.78, 5) is 36.5. The molecule has 6 rings (SSSR count). The van der Waals surface area contributed by atoms with Crippen molar-refractivity contribution in [1.82, 2.24) is 19.9 Å². The zero-order valence-electron chi connectivity index (χ0n) is 20.9. The summed E-state index contributed by atoms with van der Waals surface area (Å²) >= 11 is 0. The maximum atomic E-state index is 14.0. The number of hydrogen-bond acceptors (Lipinski definition) is 5. The zero-order valence-corrected chi connectivity index (χ0v) is 20.9. The van der Waals surface area contributed by atoms with Crippen LogP contribution in [-0.2, 0) is 6.54 Å². The van der Waals surface area contributed by atoms with Gasteiger partial charge in [-0.05, 0) is 73.1 Å². The number of halogens is 3. The molecule has 2 saturated carbocycles. The molecule has 1 amide bonds. The maximum absolute atomic E-state index is 14.0. The van der Waals surface area contributed by atoms with Gasteiger partial charge < -0.3 is 10.1 Å². The lowest BCUT2D eigenvalue weighted by molar-refractivity contribution is -0.0500. The first-order valence-corrected chi connectivity index (χ1v) is 12.8. The number of aromatic nitrogens is 3. The molecule has 2 aliphatic carbocycles. The molecule has 3 heterocycles. The van der Waals surface area contributed by atoms with Crippen LogP contribution in [0.15, 0.2) is 65.7 Å². The second kappa shape index (κ2) is 9.83. The molecule has 1 spiro atoms. The largest absolute Gasteiger partial charge is 0.433 e. The van der Waals surface area contributed by atoms with Gasteiger partial charge in [0.1, 0.15) is 22.8 Å². The lowest BCUT2D eigenvalue weighted by Gasteiger charge is -2.54. The number of nitrogens with zero attached hydrogens (tertiary/aromatic N) is 3. The fraction of sp³-hybridized carbons (Fsp3) is 0.310. The minimum atomic E-state index is -3.01. The van der Waals surface area contributed by atoms with Gasteiger partial charge in [0, 0.05) is 23.2 Å². The number of benzene rings is 1. The molecule has 0 bridgehead atoms. The average molecular weight is 535 g/mol. The van der Waals surface area contributed by atoms with E-state index in [0.29, 0.717) is 22.0 Å². The van der Waals surface area contributed by atoms with Gasteiger partial charge in [-0.25, -0.2) is 9.37 Å². The molecule has 3 aromatic heterocycles. The molecule has 2 aliphatic rings. The topological polar surface area (TPSA) is 86.1 Å². The first-order chi connectivity index (χ1) is 18.8. The van der Waals surface area contributed by atoms with Gasteiger partial charge in [-0.1, -0.05) is 18.6 Å². The number of nitrogens with one attached hydrogen (secondary N) is 1. The Morgan fingerprint density at radius 2 is 1.87 bits per heavy atom. The van der Waals surface area contributed by atoms with E-state index in [1.54, 1.807) is 24.3 Å². The third-order valence-electron chi connectivity index (χ3n) is 7.83. The molecule has 2 fully saturated rings. The number of pyridine rings is 3. The van der Waals surface area contributed by atoms with Crippen molar-refractivity contribution >= 4 is 16.9 Å². The Morgan fingerprint density at radius 1 is 1.10 bits per heavy atom. The Morgan fingerprint density at radius 3 is 2.51 bits per heavy atom. The Labute approximate surface area is 221 Å². The summed E-state index contributed by atoms with van der Waals surface area (Å²) < 4.78 is 44.7. The highest BCUT2D eigenvalue weighted by atomic mass is 19.3. The van der Waals surface area contributed by atoms with Gasteiger partial charge in [-0.15, -0.1) is 0 Å². The van der Waals surface area contributed by atoms with Gasteiger partial charge in [0.05, 0.1) is 18.4 Å². The highest BCUT2D eigenvalue weighted by molar-refractivity contribution is 6.07. The van der Waals surface area contributed by atoms with E-state index in [-0.39, 0.29) is 35.2 Å². The third kappa shape index (κ3) is 4.75. The van der Waals surface area contributed by atoms with Gasteiger partial charge in [-0.3, -0.25) is 19.1 Å². The van der Waals surface area contributed by atoms with Crippen LogP contribution in [-0.4, -0.2) is 33.1 Å². The van der Waals surface area contributed by atoms with Crippen molar-refractivity contribution in [3.05, 3.63) is 88.2 Å². The summed E-state index contributed by atoms with van der Waals surface area (Å²) in [5.41, 5.74) is 1.10. The van der Waals surface area contributed by atoms with E-state index in [1.807, 2.05) is 0 Å². The second-order valence-corrected chi connectivity index (χ2v) is 10.3. The molecule has 4 aromatic rings. The lowest BCUT2D eigenvalue weighted by Crippen LogP contribution is -2.54. The molecule has 1 aromatic carbocycles. The SMILES string of the molecule is O=C(NC1CC2(CCC2)C1)c1c(-c2ccc(OC(F)F)cn2)c2cccnc2n(Cc2ccc(F)cc2)c1=O. The molecule has 0 unspecified atom stereocenters. The van der Waals surface area contributed by atoms with E-state index < -0.39 is 23.9 Å². The van der Waals surface area contributed by atoms with E-state index in [2.05, 4.69) is 20.0 Å². The van der Waals surface area contributed by atoms with Crippen LogP contribution in [0, 0.1) is 11.2 Å². The van der Waals surface area contributed by atoms with Crippen molar-refractivity contribution in [2.75, 3.05) is 0 Å². The second-order valence-electron chi connectivity index (χ2n) is 10.3. The molecule has 0 saturated heterocycles.